The summed E-state index contributed by atoms with van der Waals surface area (Å²) < 4.78 is 0. The van der Waals surface area contributed by atoms with E-state index in [1.54, 1.807) is 25.1 Å². The van der Waals surface area contributed by atoms with Gasteiger partial charge in [0.1, 0.15) is 12.8 Å². The van der Waals surface area contributed by atoms with Crippen LogP contribution in [0, 0.1) is 0 Å². The number of aliphatic hydroxyl groups is 2. The minimum Gasteiger partial charge on any atom is -0.389 e. The molecule has 3 amide bonds. The fourth-order valence-corrected chi connectivity index (χ4v) is 3.11. The Bertz CT molecular complexity index is 685. The van der Waals surface area contributed by atoms with Gasteiger partial charge in [-0.15, -0.1) is 0 Å². The van der Waals surface area contributed by atoms with E-state index in [0.717, 1.165) is 10.5 Å². The first-order chi connectivity index (χ1) is 10.9. The Labute approximate surface area is 133 Å². The average molecular weight is 318 g/mol. The third kappa shape index (κ3) is 2.51. The van der Waals surface area contributed by atoms with Gasteiger partial charge in [-0.2, -0.15) is 0 Å². The molecule has 2 aliphatic heterocycles. The Morgan fingerprint density at radius 1 is 1.30 bits per heavy atom. The van der Waals surface area contributed by atoms with E-state index in [1.807, 2.05) is 0 Å². The van der Waals surface area contributed by atoms with Crippen LogP contribution in [0.15, 0.2) is 18.2 Å². The van der Waals surface area contributed by atoms with Crippen LogP contribution in [0.25, 0.3) is 0 Å². The molecule has 122 valence electrons. The lowest BCUT2D eigenvalue weighted by Gasteiger charge is -2.34. The van der Waals surface area contributed by atoms with Crippen LogP contribution in [0.2, 0.25) is 0 Å². The predicted molar refractivity (Wildman–Crippen MR) is 78.9 cm³/mol. The number of hydrogen-bond acceptors (Lipinski definition) is 5. The van der Waals surface area contributed by atoms with E-state index < -0.39 is 30.7 Å². The molecule has 0 spiro atoms. The maximum Gasteiger partial charge on any atom is 0.255 e. The van der Waals surface area contributed by atoms with Gasteiger partial charge >= 0.3 is 0 Å². The van der Waals surface area contributed by atoms with Crippen molar-refractivity contribution in [2.24, 2.45) is 0 Å². The summed E-state index contributed by atoms with van der Waals surface area (Å²) in [5, 5.41) is 18.8. The normalized spacial score (nSPS) is 22.6. The summed E-state index contributed by atoms with van der Waals surface area (Å²) in [5.41, 5.74) is 1.91. The molecular formula is C16H18N2O5. The number of benzene rings is 1. The van der Waals surface area contributed by atoms with E-state index in [1.165, 1.54) is 4.90 Å². The number of piperidine rings is 1. The molecule has 0 bridgehead atoms. The highest BCUT2D eigenvalue weighted by molar-refractivity contribution is 6.05. The third-order valence-corrected chi connectivity index (χ3v) is 4.45. The van der Waals surface area contributed by atoms with Crippen LogP contribution in [0.5, 0.6) is 0 Å². The van der Waals surface area contributed by atoms with Gasteiger partial charge in [-0.1, -0.05) is 12.1 Å². The van der Waals surface area contributed by atoms with Crippen molar-refractivity contribution in [1.29, 1.82) is 0 Å². The maximum absolute atomic E-state index is 12.6. The van der Waals surface area contributed by atoms with E-state index in [9.17, 15) is 24.6 Å². The van der Waals surface area contributed by atoms with Crippen molar-refractivity contribution in [1.82, 2.24) is 9.80 Å². The molecule has 0 radical (unpaired) electrons. The molecule has 1 fully saturated rings. The highest BCUT2D eigenvalue weighted by Gasteiger charge is 2.42. The second-order valence-corrected chi connectivity index (χ2v) is 5.88. The van der Waals surface area contributed by atoms with Crippen molar-refractivity contribution < 1.29 is 24.6 Å². The largest absolute Gasteiger partial charge is 0.389 e. The molecule has 1 saturated heterocycles. The monoisotopic (exact) mass is 318 g/mol. The van der Waals surface area contributed by atoms with Crippen molar-refractivity contribution >= 4 is 17.7 Å². The van der Waals surface area contributed by atoms with Crippen molar-refractivity contribution in [3.05, 3.63) is 34.9 Å². The van der Waals surface area contributed by atoms with E-state index in [-0.39, 0.29) is 25.3 Å². The Hall–Kier alpha value is -2.25. The van der Waals surface area contributed by atoms with Gasteiger partial charge in [0.25, 0.3) is 11.8 Å². The number of imide groups is 1. The number of fused-ring (bicyclic) bond motifs is 1. The zero-order chi connectivity index (χ0) is 16.7. The minimum atomic E-state index is -0.741. The molecule has 1 aromatic rings. The number of hydrogen-bond donors (Lipinski definition) is 2. The summed E-state index contributed by atoms with van der Waals surface area (Å²) in [4.78, 5) is 38.8. The van der Waals surface area contributed by atoms with E-state index in [2.05, 4.69) is 0 Å². The fourth-order valence-electron chi connectivity index (χ4n) is 3.11. The van der Waals surface area contributed by atoms with Gasteiger partial charge < -0.3 is 15.1 Å². The number of amides is 3. The zero-order valence-electron chi connectivity index (χ0n) is 12.7. The molecule has 0 saturated carbocycles. The van der Waals surface area contributed by atoms with Crippen LogP contribution >= 0.6 is 0 Å². The molecule has 2 atom stereocenters. The second-order valence-electron chi connectivity index (χ2n) is 5.88. The fraction of sp³-hybridized carbons (Fsp3) is 0.438. The zero-order valence-corrected chi connectivity index (χ0v) is 12.7. The number of nitrogens with zero attached hydrogens (tertiary/aromatic N) is 2. The molecule has 23 heavy (non-hydrogen) atoms. The summed E-state index contributed by atoms with van der Waals surface area (Å²) in [7, 11) is 0. The summed E-state index contributed by atoms with van der Waals surface area (Å²) in [6, 6.07) is 4.43. The van der Waals surface area contributed by atoms with Gasteiger partial charge in [-0.05, 0) is 30.5 Å². The lowest BCUT2D eigenvalue weighted by Crippen LogP contribution is -2.54. The van der Waals surface area contributed by atoms with Crippen molar-refractivity contribution in [2.45, 2.75) is 38.5 Å². The van der Waals surface area contributed by atoms with Crippen LogP contribution < -0.4 is 0 Å². The predicted octanol–water partition coefficient (Wildman–Crippen LogP) is 0.163. The highest BCUT2D eigenvalue weighted by atomic mass is 16.3. The van der Waals surface area contributed by atoms with Gasteiger partial charge in [0.15, 0.2) is 0 Å². The highest BCUT2D eigenvalue weighted by Crippen LogP contribution is 2.30. The first-order valence-electron chi connectivity index (χ1n) is 7.51. The lowest BCUT2D eigenvalue weighted by atomic mass is 10.0. The topological polar surface area (TPSA) is 98.2 Å². The van der Waals surface area contributed by atoms with Crippen molar-refractivity contribution in [2.75, 3.05) is 6.73 Å². The number of likely N-dealkylation sites (tertiary alicyclic amines) is 1. The quantitative estimate of drug-likeness (QED) is 0.774. The maximum atomic E-state index is 12.6. The van der Waals surface area contributed by atoms with Gasteiger partial charge in [-0.3, -0.25) is 19.3 Å². The summed E-state index contributed by atoms with van der Waals surface area (Å²) in [6.45, 7) is 1.24. The molecule has 2 heterocycles. The molecule has 3 rings (SSSR count). The van der Waals surface area contributed by atoms with Crippen LogP contribution in [0.4, 0.5) is 0 Å². The van der Waals surface area contributed by atoms with Crippen LogP contribution in [0.1, 0.15) is 47.4 Å². The van der Waals surface area contributed by atoms with E-state index in [0.29, 0.717) is 11.1 Å². The lowest BCUT2D eigenvalue weighted by molar-refractivity contribution is -0.156. The number of carbonyl (C=O) groups excluding carboxylic acids is 3. The van der Waals surface area contributed by atoms with Gasteiger partial charge in [0.05, 0.1) is 6.10 Å². The summed E-state index contributed by atoms with van der Waals surface area (Å²) in [5.74, 6) is -1.25. The number of rotatable bonds is 3. The SMILES string of the molecule is CC(O)c1ccc2c(c1)C(=O)N(C1CCC(=O)N(CO)C1=O)C2. The van der Waals surface area contributed by atoms with Gasteiger partial charge in [0.2, 0.25) is 5.91 Å². The Morgan fingerprint density at radius 3 is 2.70 bits per heavy atom. The number of carbonyl (C=O) groups is 3. The first kappa shape index (κ1) is 15.6. The van der Waals surface area contributed by atoms with Crippen molar-refractivity contribution in [3.63, 3.8) is 0 Å². The van der Waals surface area contributed by atoms with Gasteiger partial charge in [0, 0.05) is 18.5 Å². The molecule has 2 N–H and O–H groups in total. The smallest absolute Gasteiger partial charge is 0.255 e. The van der Waals surface area contributed by atoms with Crippen LogP contribution in [0.3, 0.4) is 0 Å². The Balaban J connectivity index is 1.87. The second kappa shape index (κ2) is 5.75. The molecule has 7 nitrogen and oxygen atoms in total. The van der Waals surface area contributed by atoms with Crippen molar-refractivity contribution in [3.8, 4) is 0 Å². The van der Waals surface area contributed by atoms with Gasteiger partial charge in [-0.25, -0.2) is 0 Å². The average Bonchev–Trinajstić information content (AvgIpc) is 2.84. The van der Waals surface area contributed by atoms with E-state index >= 15 is 0 Å². The third-order valence-electron chi connectivity index (χ3n) is 4.45. The first-order valence-corrected chi connectivity index (χ1v) is 7.51. The molecule has 1 aromatic carbocycles. The summed E-state index contributed by atoms with van der Waals surface area (Å²) in [6.07, 6.45) is -0.298. The molecule has 2 aliphatic rings. The molecule has 7 heteroatoms. The Morgan fingerprint density at radius 2 is 2.04 bits per heavy atom. The Kier molecular flexibility index (Phi) is 3.91. The van der Waals surface area contributed by atoms with Crippen LogP contribution in [-0.2, 0) is 16.1 Å². The number of aliphatic hydroxyl groups excluding tert-OH is 2. The minimum absolute atomic E-state index is 0.121. The van der Waals surface area contributed by atoms with Crippen LogP contribution in [-0.4, -0.2) is 50.5 Å². The standard InChI is InChI=1S/C16H18N2O5/c1-9(20)10-2-3-11-7-17(15(22)12(11)6-10)13-4-5-14(21)18(8-19)16(13)23/h2-3,6,9,13,19-20H,4-5,7-8H2,1H3. The molecule has 0 aliphatic carbocycles. The van der Waals surface area contributed by atoms with E-state index in [4.69, 9.17) is 0 Å². The molecule has 0 aromatic heterocycles. The molecule has 2 unspecified atom stereocenters. The molecular weight excluding hydrogens is 300 g/mol. The summed E-state index contributed by atoms with van der Waals surface area (Å²) >= 11 is 0.